The first-order chi connectivity index (χ1) is 12.3. The number of benzene rings is 1. The van der Waals surface area contributed by atoms with Gasteiger partial charge >= 0.3 is 0 Å². The highest BCUT2D eigenvalue weighted by molar-refractivity contribution is 5.96. The lowest BCUT2D eigenvalue weighted by molar-refractivity contribution is -0.119. The van der Waals surface area contributed by atoms with Gasteiger partial charge in [-0.15, -0.1) is 0 Å². The van der Waals surface area contributed by atoms with Gasteiger partial charge in [0.05, 0.1) is 12.8 Å². The summed E-state index contributed by atoms with van der Waals surface area (Å²) in [5, 5.41) is 4.19. The number of nitrogens with zero attached hydrogens (tertiary/aromatic N) is 3. The predicted octanol–water partition coefficient (Wildman–Crippen LogP) is 4.07. The number of fused-ring (bicyclic) bond motifs is 1. The van der Waals surface area contributed by atoms with Crippen LogP contribution in [-0.2, 0) is 18.3 Å². The molecule has 0 fully saturated rings. The van der Waals surface area contributed by atoms with Gasteiger partial charge in [-0.25, -0.2) is 0 Å². The Bertz CT molecular complexity index is 794. The second kappa shape index (κ2) is 7.14. The summed E-state index contributed by atoms with van der Waals surface area (Å²) in [7, 11) is 1.90. The molecule has 3 rings (SSSR count). The molecule has 1 aromatic heterocycles. The predicted molar refractivity (Wildman–Crippen MR) is 104 cm³/mol. The summed E-state index contributed by atoms with van der Waals surface area (Å²) in [4.78, 5) is 15.1. The van der Waals surface area contributed by atoms with Gasteiger partial charge in [0.2, 0.25) is 5.91 Å². The topological polar surface area (TPSA) is 47.4 Å². The van der Waals surface area contributed by atoms with Crippen molar-refractivity contribution < 1.29 is 9.53 Å². The van der Waals surface area contributed by atoms with E-state index in [1.807, 2.05) is 43.4 Å². The molecule has 0 radical (unpaired) electrons. The highest BCUT2D eigenvalue weighted by atomic mass is 16.5. The van der Waals surface area contributed by atoms with Crippen molar-refractivity contribution in [1.29, 1.82) is 0 Å². The number of aromatic nitrogens is 2. The molecule has 1 aromatic carbocycles. The lowest BCUT2D eigenvalue weighted by Crippen LogP contribution is -2.51. The average molecular weight is 355 g/mol. The summed E-state index contributed by atoms with van der Waals surface area (Å²) in [6, 6.07) is 6.11. The lowest BCUT2D eigenvalue weighted by atomic mass is 9.79. The Morgan fingerprint density at radius 3 is 2.81 bits per heavy atom. The van der Waals surface area contributed by atoms with Gasteiger partial charge < -0.3 is 9.64 Å². The molecule has 2 aromatic rings. The van der Waals surface area contributed by atoms with Crippen molar-refractivity contribution in [1.82, 2.24) is 9.78 Å². The van der Waals surface area contributed by atoms with E-state index in [1.165, 1.54) is 5.56 Å². The van der Waals surface area contributed by atoms with Crippen LogP contribution in [0.2, 0.25) is 0 Å². The molecule has 1 unspecified atom stereocenters. The molecular formula is C21H29N3O2. The standard InChI is InChI=1S/C21H29N3O2/c1-6-26-17-8-9-19-18(11-17)15(2)12-21(3,4)24(19)20(25)10-7-16-13-22-23(5)14-16/h8-9,11,13-15H,6-7,10,12H2,1-5H3. The molecule has 1 aliphatic rings. The number of anilines is 1. The first-order valence-electron chi connectivity index (χ1n) is 9.39. The SMILES string of the molecule is CCOc1ccc2c(c1)C(C)CC(C)(C)N2C(=O)CCc1cnn(C)c1. The molecule has 26 heavy (non-hydrogen) atoms. The smallest absolute Gasteiger partial charge is 0.227 e. The molecule has 0 aliphatic carbocycles. The number of hydrogen-bond donors (Lipinski definition) is 0. The van der Waals surface area contributed by atoms with E-state index >= 15 is 0 Å². The Labute approximate surface area is 156 Å². The maximum Gasteiger partial charge on any atom is 0.227 e. The van der Waals surface area contributed by atoms with Crippen LogP contribution < -0.4 is 9.64 Å². The fourth-order valence-corrected chi connectivity index (χ4v) is 4.10. The molecule has 0 spiro atoms. The van der Waals surface area contributed by atoms with Gasteiger partial charge in [0, 0.05) is 30.9 Å². The van der Waals surface area contributed by atoms with E-state index in [2.05, 4.69) is 31.9 Å². The number of rotatable bonds is 5. The Morgan fingerprint density at radius 2 is 2.15 bits per heavy atom. The molecule has 2 heterocycles. The van der Waals surface area contributed by atoms with Crippen molar-refractivity contribution in [3.63, 3.8) is 0 Å². The summed E-state index contributed by atoms with van der Waals surface area (Å²) in [5.74, 6) is 1.43. The minimum Gasteiger partial charge on any atom is -0.494 e. The van der Waals surface area contributed by atoms with Crippen molar-refractivity contribution in [3.05, 3.63) is 41.7 Å². The van der Waals surface area contributed by atoms with Crippen molar-refractivity contribution in [3.8, 4) is 5.75 Å². The fraction of sp³-hybridized carbons (Fsp3) is 0.524. The van der Waals surface area contributed by atoms with E-state index in [4.69, 9.17) is 4.74 Å². The summed E-state index contributed by atoms with van der Waals surface area (Å²) >= 11 is 0. The minimum atomic E-state index is -0.203. The highest BCUT2D eigenvalue weighted by Crippen LogP contribution is 2.44. The van der Waals surface area contributed by atoms with Crippen LogP contribution >= 0.6 is 0 Å². The maximum atomic E-state index is 13.1. The van der Waals surface area contributed by atoms with Gasteiger partial charge in [-0.2, -0.15) is 5.10 Å². The van der Waals surface area contributed by atoms with Crippen LogP contribution in [0.1, 0.15) is 57.6 Å². The summed E-state index contributed by atoms with van der Waals surface area (Å²) < 4.78 is 7.44. The van der Waals surface area contributed by atoms with Gasteiger partial charge in [0.1, 0.15) is 5.75 Å². The lowest BCUT2D eigenvalue weighted by Gasteiger charge is -2.46. The average Bonchev–Trinajstić information content (AvgIpc) is 2.98. The van der Waals surface area contributed by atoms with Gasteiger partial charge in [0.25, 0.3) is 0 Å². The second-order valence-electron chi connectivity index (χ2n) is 7.82. The van der Waals surface area contributed by atoms with Gasteiger partial charge in [-0.1, -0.05) is 6.92 Å². The van der Waals surface area contributed by atoms with Crippen LogP contribution in [-0.4, -0.2) is 27.8 Å². The number of carbonyl (C=O) groups is 1. The molecule has 1 amide bonds. The number of aryl methyl sites for hydroxylation is 2. The number of carbonyl (C=O) groups excluding carboxylic acids is 1. The molecule has 0 saturated heterocycles. The molecule has 5 nitrogen and oxygen atoms in total. The first-order valence-corrected chi connectivity index (χ1v) is 9.39. The zero-order valence-electron chi connectivity index (χ0n) is 16.5. The number of amides is 1. The molecule has 140 valence electrons. The normalized spacial score (nSPS) is 18.5. The van der Waals surface area contributed by atoms with Gasteiger partial charge in [-0.3, -0.25) is 9.48 Å². The Kier molecular flexibility index (Phi) is 5.08. The molecule has 0 N–H and O–H groups in total. The fourth-order valence-electron chi connectivity index (χ4n) is 4.10. The van der Waals surface area contributed by atoms with Crippen LogP contribution in [0.5, 0.6) is 5.75 Å². The van der Waals surface area contributed by atoms with Crippen molar-refractivity contribution >= 4 is 11.6 Å². The van der Waals surface area contributed by atoms with Crippen LogP contribution in [0, 0.1) is 0 Å². The van der Waals surface area contributed by atoms with Crippen molar-refractivity contribution in [2.24, 2.45) is 7.05 Å². The molecule has 5 heteroatoms. The molecule has 1 aliphatic heterocycles. The van der Waals surface area contributed by atoms with Crippen LogP contribution in [0.4, 0.5) is 5.69 Å². The second-order valence-corrected chi connectivity index (χ2v) is 7.82. The van der Waals surface area contributed by atoms with Gasteiger partial charge in [-0.05, 0) is 68.9 Å². The Morgan fingerprint density at radius 1 is 1.38 bits per heavy atom. The van der Waals surface area contributed by atoms with Gasteiger partial charge in [0.15, 0.2) is 0 Å². The van der Waals surface area contributed by atoms with E-state index in [9.17, 15) is 4.79 Å². The zero-order valence-corrected chi connectivity index (χ0v) is 16.5. The van der Waals surface area contributed by atoms with Crippen LogP contribution in [0.3, 0.4) is 0 Å². The summed E-state index contributed by atoms with van der Waals surface area (Å²) in [5.41, 5.74) is 3.11. The summed E-state index contributed by atoms with van der Waals surface area (Å²) in [6.07, 6.45) is 5.93. The Hall–Kier alpha value is -2.30. The highest BCUT2D eigenvalue weighted by Gasteiger charge is 2.39. The largest absolute Gasteiger partial charge is 0.494 e. The quantitative estimate of drug-likeness (QED) is 0.812. The van der Waals surface area contributed by atoms with E-state index in [0.29, 0.717) is 25.4 Å². The molecule has 1 atom stereocenters. The zero-order chi connectivity index (χ0) is 18.9. The van der Waals surface area contributed by atoms with E-state index < -0.39 is 0 Å². The van der Waals surface area contributed by atoms with E-state index in [-0.39, 0.29) is 11.4 Å². The van der Waals surface area contributed by atoms with Crippen molar-refractivity contribution in [2.75, 3.05) is 11.5 Å². The number of ether oxygens (including phenoxy) is 1. The molecule has 0 saturated carbocycles. The van der Waals surface area contributed by atoms with Crippen molar-refractivity contribution in [2.45, 2.75) is 58.4 Å². The van der Waals surface area contributed by atoms with Crippen LogP contribution in [0.15, 0.2) is 30.6 Å². The number of hydrogen-bond acceptors (Lipinski definition) is 3. The molecular weight excluding hydrogens is 326 g/mol. The summed E-state index contributed by atoms with van der Waals surface area (Å²) in [6.45, 7) is 9.18. The third-order valence-corrected chi connectivity index (χ3v) is 5.13. The van der Waals surface area contributed by atoms with E-state index in [1.54, 1.807) is 4.68 Å². The first kappa shape index (κ1) is 18.5. The monoisotopic (exact) mass is 355 g/mol. The Balaban J connectivity index is 1.87. The third-order valence-electron chi connectivity index (χ3n) is 5.13. The minimum absolute atomic E-state index is 0.163. The van der Waals surface area contributed by atoms with E-state index in [0.717, 1.165) is 23.4 Å². The van der Waals surface area contributed by atoms with Crippen LogP contribution in [0.25, 0.3) is 0 Å². The maximum absolute atomic E-state index is 13.1. The third kappa shape index (κ3) is 3.62. The molecule has 0 bridgehead atoms.